The minimum atomic E-state index is 0.255. The molecule has 0 aromatic carbocycles. The molecule has 0 saturated carbocycles. The second-order valence-electron chi connectivity index (χ2n) is 4.53. The van der Waals surface area contributed by atoms with Gasteiger partial charge in [-0.1, -0.05) is 45.4 Å². The highest BCUT2D eigenvalue weighted by atomic mass is 14.7. The number of hydrogen-bond donors (Lipinski definition) is 2. The van der Waals surface area contributed by atoms with Crippen LogP contribution in [0.5, 0.6) is 0 Å². The van der Waals surface area contributed by atoms with Gasteiger partial charge < -0.3 is 11.5 Å². The third-order valence-corrected chi connectivity index (χ3v) is 2.60. The third kappa shape index (κ3) is 10.0. The molecule has 0 saturated heterocycles. The van der Waals surface area contributed by atoms with Crippen LogP contribution in [0.25, 0.3) is 0 Å². The number of hydrogen-bond acceptors (Lipinski definition) is 2. The maximum atomic E-state index is 5.94. The van der Waals surface area contributed by atoms with Crippen LogP contribution < -0.4 is 11.5 Å². The molecule has 2 nitrogen and oxygen atoms in total. The van der Waals surface area contributed by atoms with Crippen LogP contribution in [0.3, 0.4) is 0 Å². The zero-order valence-corrected chi connectivity index (χ0v) is 9.97. The van der Waals surface area contributed by atoms with Crippen molar-refractivity contribution in [2.45, 2.75) is 77.3 Å². The van der Waals surface area contributed by atoms with Gasteiger partial charge in [0.2, 0.25) is 0 Å². The first-order valence-electron chi connectivity index (χ1n) is 6.18. The predicted molar refractivity (Wildman–Crippen MR) is 64.2 cm³/mol. The molecule has 0 aliphatic rings. The first-order valence-corrected chi connectivity index (χ1v) is 6.18. The highest BCUT2D eigenvalue weighted by Gasteiger charge is 2.04. The van der Waals surface area contributed by atoms with Gasteiger partial charge in [0.25, 0.3) is 0 Å². The smallest absolute Gasteiger partial charge is 0.00534 e. The van der Waals surface area contributed by atoms with Crippen LogP contribution in [0.15, 0.2) is 0 Å². The Morgan fingerprint density at radius 2 is 1.50 bits per heavy atom. The lowest BCUT2D eigenvalue weighted by Gasteiger charge is -2.13. The lowest BCUT2D eigenvalue weighted by molar-refractivity contribution is 0.483. The average molecular weight is 200 g/mol. The monoisotopic (exact) mass is 200 g/mol. The Kier molecular flexibility index (Phi) is 9.42. The van der Waals surface area contributed by atoms with E-state index in [9.17, 15) is 0 Å². The van der Waals surface area contributed by atoms with Gasteiger partial charge in [-0.25, -0.2) is 0 Å². The lowest BCUT2D eigenvalue weighted by atomic mass is 10.0. The summed E-state index contributed by atoms with van der Waals surface area (Å²) >= 11 is 0. The zero-order valence-electron chi connectivity index (χ0n) is 9.97. The molecule has 0 spiro atoms. The molecule has 0 bridgehead atoms. The number of unbranched alkanes of at least 4 members (excludes halogenated alkanes) is 5. The third-order valence-electron chi connectivity index (χ3n) is 2.60. The van der Waals surface area contributed by atoms with Crippen molar-refractivity contribution in [2.24, 2.45) is 11.5 Å². The van der Waals surface area contributed by atoms with E-state index in [1.807, 2.05) is 6.92 Å². The van der Waals surface area contributed by atoms with Crippen molar-refractivity contribution in [3.05, 3.63) is 0 Å². The first-order chi connectivity index (χ1) is 6.66. The topological polar surface area (TPSA) is 52.0 Å². The van der Waals surface area contributed by atoms with Crippen molar-refractivity contribution in [2.75, 3.05) is 0 Å². The summed E-state index contributed by atoms with van der Waals surface area (Å²) in [5.74, 6) is 0. The first kappa shape index (κ1) is 13.9. The Hall–Kier alpha value is -0.0800. The summed E-state index contributed by atoms with van der Waals surface area (Å²) in [6.07, 6.45) is 10.2. The summed E-state index contributed by atoms with van der Waals surface area (Å²) in [5.41, 5.74) is 11.6. The molecule has 86 valence electrons. The van der Waals surface area contributed by atoms with E-state index < -0.39 is 0 Å². The van der Waals surface area contributed by atoms with Gasteiger partial charge >= 0.3 is 0 Å². The van der Waals surface area contributed by atoms with Gasteiger partial charge in [-0.15, -0.1) is 0 Å². The minimum Gasteiger partial charge on any atom is -0.328 e. The quantitative estimate of drug-likeness (QED) is 0.562. The maximum absolute atomic E-state index is 5.94. The number of nitrogens with two attached hydrogens (primary N) is 2. The summed E-state index contributed by atoms with van der Waals surface area (Å²) in [5, 5.41) is 0. The van der Waals surface area contributed by atoms with Crippen molar-refractivity contribution in [1.29, 1.82) is 0 Å². The zero-order chi connectivity index (χ0) is 10.8. The largest absolute Gasteiger partial charge is 0.328 e. The Morgan fingerprint density at radius 3 is 2.07 bits per heavy atom. The van der Waals surface area contributed by atoms with Gasteiger partial charge in [0.15, 0.2) is 0 Å². The van der Waals surface area contributed by atoms with E-state index >= 15 is 0 Å². The van der Waals surface area contributed by atoms with Gasteiger partial charge in [0.1, 0.15) is 0 Å². The summed E-state index contributed by atoms with van der Waals surface area (Å²) in [4.78, 5) is 0. The van der Waals surface area contributed by atoms with E-state index in [4.69, 9.17) is 11.5 Å². The molecule has 14 heavy (non-hydrogen) atoms. The SMILES string of the molecule is CCCCCCCCC(N)CC(C)N. The second-order valence-corrected chi connectivity index (χ2v) is 4.53. The fourth-order valence-corrected chi connectivity index (χ4v) is 1.78. The Labute approximate surface area is 89.4 Å². The minimum absolute atomic E-state index is 0.255. The molecule has 2 heteroatoms. The molecule has 0 radical (unpaired) electrons. The summed E-state index contributed by atoms with van der Waals surface area (Å²) in [6.45, 7) is 4.28. The predicted octanol–water partition coefficient (Wildman–Crippen LogP) is 2.80. The van der Waals surface area contributed by atoms with E-state index in [1.165, 1.54) is 38.5 Å². The molecule has 0 aromatic heterocycles. The fourth-order valence-electron chi connectivity index (χ4n) is 1.78. The standard InChI is InChI=1S/C12H28N2/c1-3-4-5-6-7-8-9-12(14)10-11(2)13/h11-12H,3-10,13-14H2,1-2H3. The molecule has 0 fully saturated rings. The normalized spacial score (nSPS) is 15.4. The van der Waals surface area contributed by atoms with Gasteiger partial charge in [-0.05, 0) is 19.8 Å². The van der Waals surface area contributed by atoms with Crippen LogP contribution in [0.1, 0.15) is 65.2 Å². The second kappa shape index (κ2) is 9.47. The van der Waals surface area contributed by atoms with Crippen molar-refractivity contribution in [3.63, 3.8) is 0 Å². The van der Waals surface area contributed by atoms with Gasteiger partial charge in [-0.2, -0.15) is 0 Å². The van der Waals surface area contributed by atoms with Crippen molar-refractivity contribution in [3.8, 4) is 0 Å². The molecular formula is C12H28N2. The van der Waals surface area contributed by atoms with Crippen molar-refractivity contribution < 1.29 is 0 Å². The molecule has 4 N–H and O–H groups in total. The lowest BCUT2D eigenvalue weighted by Crippen LogP contribution is -2.29. The van der Waals surface area contributed by atoms with E-state index in [1.54, 1.807) is 0 Å². The van der Waals surface area contributed by atoms with Gasteiger partial charge in [-0.3, -0.25) is 0 Å². The van der Waals surface area contributed by atoms with E-state index in [0.29, 0.717) is 6.04 Å². The molecule has 2 unspecified atom stereocenters. The Balaban J connectivity index is 3.10. The van der Waals surface area contributed by atoms with Crippen molar-refractivity contribution >= 4 is 0 Å². The Bertz CT molecular complexity index is 113. The van der Waals surface area contributed by atoms with E-state index in [0.717, 1.165) is 12.8 Å². The average Bonchev–Trinajstić information content (AvgIpc) is 2.10. The molecule has 0 aliphatic heterocycles. The van der Waals surface area contributed by atoms with Crippen LogP contribution in [0.4, 0.5) is 0 Å². The molecule has 0 heterocycles. The van der Waals surface area contributed by atoms with E-state index in [-0.39, 0.29) is 6.04 Å². The summed E-state index contributed by atoms with van der Waals surface area (Å²) in [6, 6.07) is 0.575. The van der Waals surface area contributed by atoms with Crippen LogP contribution in [0, 0.1) is 0 Å². The molecule has 0 aliphatic carbocycles. The summed E-state index contributed by atoms with van der Waals surface area (Å²) < 4.78 is 0. The van der Waals surface area contributed by atoms with Gasteiger partial charge in [0, 0.05) is 12.1 Å². The molecule has 0 aromatic rings. The fraction of sp³-hybridized carbons (Fsp3) is 1.00. The number of rotatable bonds is 9. The summed E-state index contributed by atoms with van der Waals surface area (Å²) in [7, 11) is 0. The highest BCUT2D eigenvalue weighted by Crippen LogP contribution is 2.09. The molecule has 0 amide bonds. The van der Waals surface area contributed by atoms with Gasteiger partial charge in [0.05, 0.1) is 0 Å². The molecule has 2 atom stereocenters. The maximum Gasteiger partial charge on any atom is 0.00534 e. The highest BCUT2D eigenvalue weighted by molar-refractivity contribution is 4.66. The molecule has 0 rings (SSSR count). The molecular weight excluding hydrogens is 172 g/mol. The van der Waals surface area contributed by atoms with Crippen LogP contribution in [-0.4, -0.2) is 12.1 Å². The van der Waals surface area contributed by atoms with Crippen LogP contribution in [-0.2, 0) is 0 Å². The van der Waals surface area contributed by atoms with E-state index in [2.05, 4.69) is 6.92 Å². The van der Waals surface area contributed by atoms with Crippen LogP contribution >= 0.6 is 0 Å². The van der Waals surface area contributed by atoms with Crippen LogP contribution in [0.2, 0.25) is 0 Å². The van der Waals surface area contributed by atoms with Crippen molar-refractivity contribution in [1.82, 2.24) is 0 Å². The Morgan fingerprint density at radius 1 is 0.929 bits per heavy atom.